The lowest BCUT2D eigenvalue weighted by Gasteiger charge is -2.25. The van der Waals surface area contributed by atoms with Crippen LogP contribution in [-0.2, 0) is 16.1 Å². The lowest BCUT2D eigenvalue weighted by molar-refractivity contribution is -0.151. The highest BCUT2D eigenvalue weighted by Crippen LogP contribution is 2.30. The predicted octanol–water partition coefficient (Wildman–Crippen LogP) is 4.06. The first-order valence-electron chi connectivity index (χ1n) is 7.23. The SMILES string of the molecule is O=C(OCc1ccccc1)C1CCC(/C=C/CF)CC1. The Morgan fingerprint density at radius 1 is 1.20 bits per heavy atom. The minimum absolute atomic E-state index is 0.00809. The lowest BCUT2D eigenvalue weighted by atomic mass is 9.82. The number of carbonyl (C=O) groups excluding carboxylic acids is 1. The van der Waals surface area contributed by atoms with E-state index in [1.165, 1.54) is 0 Å². The van der Waals surface area contributed by atoms with Crippen molar-refractivity contribution < 1.29 is 13.9 Å². The van der Waals surface area contributed by atoms with Crippen LogP contribution < -0.4 is 0 Å². The van der Waals surface area contributed by atoms with Crippen LogP contribution in [0.15, 0.2) is 42.5 Å². The second-order valence-electron chi connectivity index (χ2n) is 5.29. The summed E-state index contributed by atoms with van der Waals surface area (Å²) in [6.45, 7) is -0.0552. The average Bonchev–Trinajstić information content (AvgIpc) is 2.52. The van der Waals surface area contributed by atoms with Gasteiger partial charge >= 0.3 is 5.97 Å². The van der Waals surface area contributed by atoms with Crippen molar-refractivity contribution in [2.45, 2.75) is 32.3 Å². The summed E-state index contributed by atoms with van der Waals surface area (Å²) in [6, 6.07) is 9.71. The molecule has 1 aromatic rings. The summed E-state index contributed by atoms with van der Waals surface area (Å²) in [5, 5.41) is 0. The number of esters is 1. The fraction of sp³-hybridized carbons (Fsp3) is 0.471. The molecular formula is C17H21FO2. The third-order valence-corrected chi connectivity index (χ3v) is 3.83. The third kappa shape index (κ3) is 4.48. The first-order valence-corrected chi connectivity index (χ1v) is 7.23. The number of carbonyl (C=O) groups is 1. The molecule has 20 heavy (non-hydrogen) atoms. The number of halogens is 1. The van der Waals surface area contributed by atoms with Crippen molar-refractivity contribution in [3.05, 3.63) is 48.0 Å². The molecule has 108 valence electrons. The molecule has 2 nitrogen and oxygen atoms in total. The van der Waals surface area contributed by atoms with E-state index in [1.54, 1.807) is 6.08 Å². The Labute approximate surface area is 119 Å². The molecule has 1 aliphatic carbocycles. The van der Waals surface area contributed by atoms with Crippen LogP contribution in [0.3, 0.4) is 0 Å². The molecule has 3 heteroatoms. The highest BCUT2D eigenvalue weighted by molar-refractivity contribution is 5.72. The van der Waals surface area contributed by atoms with E-state index in [-0.39, 0.29) is 11.9 Å². The van der Waals surface area contributed by atoms with Gasteiger partial charge in [0.2, 0.25) is 0 Å². The van der Waals surface area contributed by atoms with E-state index >= 15 is 0 Å². The van der Waals surface area contributed by atoms with Crippen LogP contribution in [0, 0.1) is 11.8 Å². The van der Waals surface area contributed by atoms with Gasteiger partial charge in [-0.2, -0.15) is 0 Å². The minimum Gasteiger partial charge on any atom is -0.461 e. The summed E-state index contributed by atoms with van der Waals surface area (Å²) in [7, 11) is 0. The van der Waals surface area contributed by atoms with Crippen LogP contribution in [0.1, 0.15) is 31.2 Å². The Balaban J connectivity index is 1.73. The Bertz CT molecular complexity index is 434. The van der Waals surface area contributed by atoms with Crippen molar-refractivity contribution in [3.8, 4) is 0 Å². The van der Waals surface area contributed by atoms with Crippen molar-refractivity contribution >= 4 is 5.97 Å². The molecule has 1 saturated carbocycles. The van der Waals surface area contributed by atoms with Crippen LogP contribution in [-0.4, -0.2) is 12.6 Å². The Morgan fingerprint density at radius 3 is 2.55 bits per heavy atom. The number of rotatable bonds is 5. The second-order valence-corrected chi connectivity index (χ2v) is 5.29. The van der Waals surface area contributed by atoms with Crippen LogP contribution in [0.2, 0.25) is 0 Å². The van der Waals surface area contributed by atoms with Crippen molar-refractivity contribution in [1.29, 1.82) is 0 Å². The first kappa shape index (κ1) is 14.8. The van der Waals surface area contributed by atoms with Gasteiger partial charge < -0.3 is 4.74 Å². The standard InChI is InChI=1S/C17H21FO2/c18-12-4-7-14-8-10-16(11-9-14)17(19)20-13-15-5-2-1-3-6-15/h1-7,14,16H,8-13H2/b7-4+. The molecule has 1 aromatic carbocycles. The molecule has 0 saturated heterocycles. The van der Waals surface area contributed by atoms with Gasteiger partial charge in [-0.15, -0.1) is 0 Å². The maximum Gasteiger partial charge on any atom is 0.309 e. The molecule has 0 radical (unpaired) electrons. The van der Waals surface area contributed by atoms with E-state index < -0.39 is 6.67 Å². The molecular weight excluding hydrogens is 255 g/mol. The summed E-state index contributed by atoms with van der Waals surface area (Å²) in [6.07, 6.45) is 7.08. The quantitative estimate of drug-likeness (QED) is 0.599. The first-order chi connectivity index (χ1) is 9.79. The molecule has 2 rings (SSSR count). The van der Waals surface area contributed by atoms with E-state index in [2.05, 4.69) is 0 Å². The highest BCUT2D eigenvalue weighted by atomic mass is 19.1. The Hall–Kier alpha value is -1.64. The maximum atomic E-state index is 12.1. The number of hydrogen-bond donors (Lipinski definition) is 0. The zero-order valence-corrected chi connectivity index (χ0v) is 11.6. The Kier molecular flexibility index (Phi) is 5.78. The molecule has 0 amide bonds. The van der Waals surface area contributed by atoms with Gasteiger partial charge in [0.25, 0.3) is 0 Å². The van der Waals surface area contributed by atoms with Gasteiger partial charge in [-0.1, -0.05) is 42.5 Å². The molecule has 0 atom stereocenters. The molecule has 0 spiro atoms. The highest BCUT2D eigenvalue weighted by Gasteiger charge is 2.26. The summed E-state index contributed by atoms with van der Waals surface area (Å²) >= 11 is 0. The smallest absolute Gasteiger partial charge is 0.309 e. The summed E-state index contributed by atoms with van der Waals surface area (Å²) < 4.78 is 17.4. The van der Waals surface area contributed by atoms with E-state index in [4.69, 9.17) is 4.74 Å². The van der Waals surface area contributed by atoms with Crippen LogP contribution in [0.25, 0.3) is 0 Å². The third-order valence-electron chi connectivity index (χ3n) is 3.83. The van der Waals surface area contributed by atoms with E-state index in [9.17, 15) is 9.18 Å². The fourth-order valence-corrected chi connectivity index (χ4v) is 2.64. The van der Waals surface area contributed by atoms with Gasteiger partial charge in [-0.3, -0.25) is 4.79 Å². The molecule has 0 aliphatic heterocycles. The van der Waals surface area contributed by atoms with Crippen molar-refractivity contribution in [2.24, 2.45) is 11.8 Å². The molecule has 0 unspecified atom stereocenters. The zero-order valence-electron chi connectivity index (χ0n) is 11.6. The summed E-state index contributed by atoms with van der Waals surface area (Å²) in [4.78, 5) is 12.0. The molecule has 0 bridgehead atoms. The predicted molar refractivity (Wildman–Crippen MR) is 76.8 cm³/mol. The van der Waals surface area contributed by atoms with Crippen molar-refractivity contribution in [2.75, 3.05) is 6.67 Å². The monoisotopic (exact) mass is 276 g/mol. The topological polar surface area (TPSA) is 26.3 Å². The van der Waals surface area contributed by atoms with Crippen molar-refractivity contribution in [1.82, 2.24) is 0 Å². The Morgan fingerprint density at radius 2 is 1.90 bits per heavy atom. The number of allylic oxidation sites excluding steroid dienone is 2. The average molecular weight is 276 g/mol. The molecule has 1 aliphatic rings. The summed E-state index contributed by atoms with van der Waals surface area (Å²) in [5.74, 6) is 0.333. The number of benzene rings is 1. The van der Waals surface area contributed by atoms with Gasteiger partial charge in [-0.25, -0.2) is 4.39 Å². The zero-order chi connectivity index (χ0) is 14.2. The van der Waals surface area contributed by atoms with Gasteiger partial charge in [0, 0.05) is 0 Å². The van der Waals surface area contributed by atoms with E-state index in [0.717, 1.165) is 31.2 Å². The van der Waals surface area contributed by atoms with Crippen LogP contribution in [0.5, 0.6) is 0 Å². The molecule has 1 fully saturated rings. The second kappa shape index (κ2) is 7.83. The molecule has 0 heterocycles. The maximum absolute atomic E-state index is 12.1. The largest absolute Gasteiger partial charge is 0.461 e. The number of ether oxygens (including phenoxy) is 1. The number of hydrogen-bond acceptors (Lipinski definition) is 2. The van der Waals surface area contributed by atoms with Gasteiger partial charge in [0.05, 0.1) is 5.92 Å². The number of alkyl halides is 1. The molecule has 0 aromatic heterocycles. The minimum atomic E-state index is -0.404. The summed E-state index contributed by atoms with van der Waals surface area (Å²) in [5.41, 5.74) is 1.01. The van der Waals surface area contributed by atoms with Gasteiger partial charge in [-0.05, 0) is 37.2 Å². The van der Waals surface area contributed by atoms with Gasteiger partial charge in [0.15, 0.2) is 0 Å². The van der Waals surface area contributed by atoms with Gasteiger partial charge in [0.1, 0.15) is 13.3 Å². The van der Waals surface area contributed by atoms with Crippen LogP contribution >= 0.6 is 0 Å². The molecule has 0 N–H and O–H groups in total. The normalized spacial score (nSPS) is 22.9. The van der Waals surface area contributed by atoms with Crippen LogP contribution in [0.4, 0.5) is 4.39 Å². The van der Waals surface area contributed by atoms with E-state index in [1.807, 2.05) is 36.4 Å². The van der Waals surface area contributed by atoms with E-state index in [0.29, 0.717) is 12.5 Å². The van der Waals surface area contributed by atoms with Crippen molar-refractivity contribution in [3.63, 3.8) is 0 Å². The fourth-order valence-electron chi connectivity index (χ4n) is 2.64. The lowest BCUT2D eigenvalue weighted by Crippen LogP contribution is -2.23.